The minimum Gasteiger partial charge on any atom is -0.0654 e. The molecule has 1 radical (unpaired) electrons. The van der Waals surface area contributed by atoms with Crippen LogP contribution in [0.3, 0.4) is 0 Å². The molecule has 0 heteroatoms. The Morgan fingerprint density at radius 1 is 1.12 bits per heavy atom. The number of aryl methyl sites for hydroxylation is 1. The molecule has 1 aromatic carbocycles. The summed E-state index contributed by atoms with van der Waals surface area (Å²) in [6, 6.07) is 7.08. The lowest BCUT2D eigenvalue weighted by atomic mass is 9.92. The largest absolute Gasteiger partial charge is 0.0654 e. The standard InChI is InChI=1S/C16H25/c1-6-7-8-14-9-15(12(2)3)11-16(10-14)13(4)5/h9-12H,6-8H2,1-5H3. The lowest BCUT2D eigenvalue weighted by Crippen LogP contribution is -1.97. The molecule has 0 unspecified atom stereocenters. The molecule has 0 aliphatic rings. The van der Waals surface area contributed by atoms with Crippen LogP contribution in [0.5, 0.6) is 0 Å². The van der Waals surface area contributed by atoms with Crippen LogP contribution < -0.4 is 0 Å². The summed E-state index contributed by atoms with van der Waals surface area (Å²) in [5, 5.41) is 0. The average molecular weight is 217 g/mol. The zero-order chi connectivity index (χ0) is 12.1. The summed E-state index contributed by atoms with van der Waals surface area (Å²) in [6.07, 6.45) is 3.79. The SMILES string of the molecule is CCCCc1cc([C](C)C)cc(C(C)C)c1. The first-order valence-corrected chi connectivity index (χ1v) is 6.49. The molecule has 0 atom stereocenters. The summed E-state index contributed by atoms with van der Waals surface area (Å²) in [4.78, 5) is 0. The van der Waals surface area contributed by atoms with Crippen LogP contribution >= 0.6 is 0 Å². The summed E-state index contributed by atoms with van der Waals surface area (Å²) in [7, 11) is 0. The highest BCUT2D eigenvalue weighted by atomic mass is 14.1. The topological polar surface area (TPSA) is 0 Å². The van der Waals surface area contributed by atoms with E-state index < -0.39 is 0 Å². The predicted molar refractivity (Wildman–Crippen MR) is 72.8 cm³/mol. The normalized spacial score (nSPS) is 11.4. The van der Waals surface area contributed by atoms with Crippen molar-refractivity contribution < 1.29 is 0 Å². The Morgan fingerprint density at radius 2 is 1.81 bits per heavy atom. The summed E-state index contributed by atoms with van der Waals surface area (Å²) in [5.41, 5.74) is 4.39. The fourth-order valence-electron chi connectivity index (χ4n) is 1.87. The van der Waals surface area contributed by atoms with E-state index in [1.54, 1.807) is 0 Å². The van der Waals surface area contributed by atoms with Gasteiger partial charge in [0.25, 0.3) is 0 Å². The monoisotopic (exact) mass is 217 g/mol. The molecular weight excluding hydrogens is 192 g/mol. The van der Waals surface area contributed by atoms with Crippen molar-refractivity contribution in [2.24, 2.45) is 0 Å². The van der Waals surface area contributed by atoms with Crippen molar-refractivity contribution in [3.05, 3.63) is 40.8 Å². The number of unbranched alkanes of at least 4 members (excludes halogenated alkanes) is 1. The Bertz CT molecular complexity index is 295. The van der Waals surface area contributed by atoms with E-state index in [9.17, 15) is 0 Å². The molecule has 0 heterocycles. The van der Waals surface area contributed by atoms with Gasteiger partial charge in [-0.1, -0.05) is 59.2 Å². The fraction of sp³-hybridized carbons (Fsp3) is 0.562. The molecule has 0 aromatic heterocycles. The second-order valence-electron chi connectivity index (χ2n) is 5.22. The van der Waals surface area contributed by atoms with Gasteiger partial charge in [0.1, 0.15) is 0 Å². The highest BCUT2D eigenvalue weighted by Crippen LogP contribution is 2.23. The quantitative estimate of drug-likeness (QED) is 0.642. The van der Waals surface area contributed by atoms with Crippen LogP contribution in [0.1, 0.15) is 70.1 Å². The van der Waals surface area contributed by atoms with Crippen LogP contribution in [0.4, 0.5) is 0 Å². The van der Waals surface area contributed by atoms with E-state index in [2.05, 4.69) is 52.8 Å². The second kappa shape index (κ2) is 6.08. The molecule has 0 spiro atoms. The lowest BCUT2D eigenvalue weighted by Gasteiger charge is -2.14. The van der Waals surface area contributed by atoms with Crippen molar-refractivity contribution >= 4 is 0 Å². The highest BCUT2D eigenvalue weighted by Gasteiger charge is 2.07. The van der Waals surface area contributed by atoms with Gasteiger partial charge >= 0.3 is 0 Å². The average Bonchev–Trinajstić information content (AvgIpc) is 2.25. The van der Waals surface area contributed by atoms with Gasteiger partial charge in [-0.3, -0.25) is 0 Å². The maximum atomic E-state index is 2.38. The Morgan fingerprint density at radius 3 is 2.31 bits per heavy atom. The number of benzene rings is 1. The Kier molecular flexibility index (Phi) is 5.05. The van der Waals surface area contributed by atoms with Crippen LogP contribution in [0.2, 0.25) is 0 Å². The van der Waals surface area contributed by atoms with Gasteiger partial charge in [-0.25, -0.2) is 0 Å². The molecule has 0 nitrogen and oxygen atoms in total. The smallest absolute Gasteiger partial charge is 0.00118 e. The van der Waals surface area contributed by atoms with E-state index >= 15 is 0 Å². The molecule has 0 amide bonds. The number of rotatable bonds is 5. The van der Waals surface area contributed by atoms with Crippen molar-refractivity contribution in [3.8, 4) is 0 Å². The first-order chi connectivity index (χ1) is 7.54. The van der Waals surface area contributed by atoms with Gasteiger partial charge in [0.05, 0.1) is 0 Å². The zero-order valence-electron chi connectivity index (χ0n) is 11.4. The van der Waals surface area contributed by atoms with E-state index in [4.69, 9.17) is 0 Å². The van der Waals surface area contributed by atoms with Gasteiger partial charge in [-0.2, -0.15) is 0 Å². The Hall–Kier alpha value is -0.780. The van der Waals surface area contributed by atoms with Gasteiger partial charge in [-0.15, -0.1) is 0 Å². The minimum absolute atomic E-state index is 0.625. The van der Waals surface area contributed by atoms with Crippen molar-refractivity contribution in [3.63, 3.8) is 0 Å². The third-order valence-electron chi connectivity index (χ3n) is 3.08. The van der Waals surface area contributed by atoms with Gasteiger partial charge in [-0.05, 0) is 41.4 Å². The van der Waals surface area contributed by atoms with E-state index in [1.807, 2.05) is 0 Å². The highest BCUT2D eigenvalue weighted by molar-refractivity contribution is 5.38. The maximum absolute atomic E-state index is 2.38. The van der Waals surface area contributed by atoms with Crippen LogP contribution in [0.15, 0.2) is 18.2 Å². The van der Waals surface area contributed by atoms with Gasteiger partial charge in [0.15, 0.2) is 0 Å². The first kappa shape index (κ1) is 13.3. The van der Waals surface area contributed by atoms with Gasteiger partial charge < -0.3 is 0 Å². The lowest BCUT2D eigenvalue weighted by molar-refractivity contribution is 0.787. The summed E-state index contributed by atoms with van der Waals surface area (Å²) >= 11 is 0. The Labute approximate surface area is 101 Å². The van der Waals surface area contributed by atoms with E-state index in [0.29, 0.717) is 5.92 Å². The van der Waals surface area contributed by atoms with Crippen LogP contribution in [0.25, 0.3) is 0 Å². The fourth-order valence-corrected chi connectivity index (χ4v) is 1.87. The van der Waals surface area contributed by atoms with Crippen molar-refractivity contribution in [2.45, 2.75) is 59.8 Å². The molecule has 0 saturated carbocycles. The van der Waals surface area contributed by atoms with E-state index in [0.717, 1.165) is 0 Å². The molecular formula is C16H25. The van der Waals surface area contributed by atoms with Crippen molar-refractivity contribution in [2.75, 3.05) is 0 Å². The molecule has 1 rings (SSSR count). The molecule has 0 aliphatic heterocycles. The Balaban J connectivity index is 2.99. The zero-order valence-corrected chi connectivity index (χ0v) is 11.4. The third-order valence-corrected chi connectivity index (χ3v) is 3.08. The molecule has 89 valence electrons. The molecule has 0 fully saturated rings. The summed E-state index contributed by atoms with van der Waals surface area (Å²) in [6.45, 7) is 11.2. The number of hydrogen-bond donors (Lipinski definition) is 0. The molecule has 16 heavy (non-hydrogen) atoms. The second-order valence-corrected chi connectivity index (χ2v) is 5.22. The number of hydrogen-bond acceptors (Lipinski definition) is 0. The minimum atomic E-state index is 0.625. The third kappa shape index (κ3) is 3.66. The summed E-state index contributed by atoms with van der Waals surface area (Å²) in [5.74, 6) is 2.04. The molecule has 1 aromatic rings. The molecule has 0 bridgehead atoms. The van der Waals surface area contributed by atoms with Crippen molar-refractivity contribution in [1.82, 2.24) is 0 Å². The van der Waals surface area contributed by atoms with Crippen molar-refractivity contribution in [1.29, 1.82) is 0 Å². The van der Waals surface area contributed by atoms with E-state index in [-0.39, 0.29) is 0 Å². The van der Waals surface area contributed by atoms with Gasteiger partial charge in [0.2, 0.25) is 0 Å². The maximum Gasteiger partial charge on any atom is -0.00118 e. The first-order valence-electron chi connectivity index (χ1n) is 6.49. The van der Waals surface area contributed by atoms with Crippen LogP contribution in [-0.4, -0.2) is 0 Å². The molecule has 0 saturated heterocycles. The van der Waals surface area contributed by atoms with Crippen LogP contribution in [0, 0.1) is 5.92 Å². The van der Waals surface area contributed by atoms with E-state index in [1.165, 1.54) is 41.9 Å². The predicted octanol–water partition coefficient (Wildman–Crippen LogP) is 5.11. The summed E-state index contributed by atoms with van der Waals surface area (Å²) < 4.78 is 0. The molecule has 0 aliphatic carbocycles. The molecule has 0 N–H and O–H groups in total. The van der Waals surface area contributed by atoms with Gasteiger partial charge in [0, 0.05) is 0 Å². The van der Waals surface area contributed by atoms with Crippen LogP contribution in [-0.2, 0) is 6.42 Å².